The van der Waals surface area contributed by atoms with E-state index in [9.17, 15) is 9.46 Å². The molecule has 0 bridgehead atoms. The van der Waals surface area contributed by atoms with Crippen molar-refractivity contribution in [2.75, 3.05) is 6.61 Å². The second kappa shape index (κ2) is 4.65. The van der Waals surface area contributed by atoms with E-state index in [0.717, 1.165) is 0 Å². The van der Waals surface area contributed by atoms with Crippen molar-refractivity contribution >= 4 is 36.1 Å². The van der Waals surface area contributed by atoms with Crippen LogP contribution in [-0.4, -0.2) is 11.5 Å². The molecule has 1 rings (SSSR count). The summed E-state index contributed by atoms with van der Waals surface area (Å²) in [6.45, 7) is 1.76. The molecule has 1 N–H and O–H groups in total. The molecule has 0 saturated heterocycles. The average Bonchev–Trinajstić information content (AvgIpc) is 2.09. The quantitative estimate of drug-likeness (QED) is 0.844. The molecule has 0 aliphatic heterocycles. The van der Waals surface area contributed by atoms with Crippen LogP contribution in [0.3, 0.4) is 0 Å². The molecule has 0 aromatic heterocycles. The molecule has 6 heteroatoms. The maximum absolute atomic E-state index is 11.6. The van der Waals surface area contributed by atoms with Crippen LogP contribution in [0.5, 0.6) is 0 Å². The Kier molecular flexibility index (Phi) is 3.99. The standard InChI is InChI=1S/C8H9Cl2O3P/c1-2-13-14(11,12)8-5-6(9)3-4-7(8)10/h3-5H,2H2,1H3,(H,11,12). The van der Waals surface area contributed by atoms with Gasteiger partial charge in [0.2, 0.25) is 0 Å². The van der Waals surface area contributed by atoms with Crippen molar-refractivity contribution in [3.63, 3.8) is 0 Å². The number of benzene rings is 1. The highest BCUT2D eigenvalue weighted by molar-refractivity contribution is 7.61. The Morgan fingerprint density at radius 2 is 2.14 bits per heavy atom. The van der Waals surface area contributed by atoms with Gasteiger partial charge in [-0.05, 0) is 25.1 Å². The molecule has 0 fully saturated rings. The van der Waals surface area contributed by atoms with Gasteiger partial charge in [0.25, 0.3) is 0 Å². The summed E-state index contributed by atoms with van der Waals surface area (Å²) in [7, 11) is -3.83. The third-order valence-electron chi connectivity index (χ3n) is 1.52. The van der Waals surface area contributed by atoms with Gasteiger partial charge in [0.15, 0.2) is 0 Å². The zero-order valence-electron chi connectivity index (χ0n) is 7.41. The van der Waals surface area contributed by atoms with Crippen LogP contribution in [-0.2, 0) is 9.09 Å². The Labute approximate surface area is 92.1 Å². The van der Waals surface area contributed by atoms with Crippen LogP contribution in [0.15, 0.2) is 18.2 Å². The first-order valence-electron chi connectivity index (χ1n) is 3.90. The van der Waals surface area contributed by atoms with Crippen LogP contribution >= 0.6 is 30.8 Å². The van der Waals surface area contributed by atoms with E-state index in [2.05, 4.69) is 0 Å². The van der Waals surface area contributed by atoms with Gasteiger partial charge in [-0.1, -0.05) is 23.2 Å². The normalized spacial score (nSPS) is 15.1. The average molecular weight is 255 g/mol. The lowest BCUT2D eigenvalue weighted by atomic mass is 10.4. The van der Waals surface area contributed by atoms with Gasteiger partial charge in [0, 0.05) is 5.02 Å². The monoisotopic (exact) mass is 254 g/mol. The number of halogens is 2. The summed E-state index contributed by atoms with van der Waals surface area (Å²) >= 11 is 11.4. The lowest BCUT2D eigenvalue weighted by Gasteiger charge is -2.12. The topological polar surface area (TPSA) is 46.5 Å². The van der Waals surface area contributed by atoms with E-state index in [0.29, 0.717) is 5.02 Å². The van der Waals surface area contributed by atoms with Crippen molar-refractivity contribution in [3.05, 3.63) is 28.2 Å². The van der Waals surface area contributed by atoms with Gasteiger partial charge in [0.1, 0.15) is 0 Å². The third-order valence-corrected chi connectivity index (χ3v) is 3.80. The van der Waals surface area contributed by atoms with Crippen LogP contribution < -0.4 is 5.30 Å². The Hall–Kier alpha value is -0.0500. The fraction of sp³-hybridized carbons (Fsp3) is 0.250. The van der Waals surface area contributed by atoms with Gasteiger partial charge in [0.05, 0.1) is 16.9 Å². The summed E-state index contributed by atoms with van der Waals surface area (Å²) in [4.78, 5) is 9.48. The highest BCUT2D eigenvalue weighted by atomic mass is 35.5. The molecule has 1 unspecified atom stereocenters. The summed E-state index contributed by atoms with van der Waals surface area (Å²) in [5.41, 5.74) is 0. The van der Waals surface area contributed by atoms with Gasteiger partial charge in [-0.25, -0.2) is 0 Å². The third kappa shape index (κ3) is 2.72. The first-order valence-corrected chi connectivity index (χ1v) is 6.23. The molecular formula is C8H9Cl2O3P. The minimum absolute atomic E-state index is 0.0357. The molecule has 78 valence electrons. The molecule has 1 aromatic carbocycles. The minimum Gasteiger partial charge on any atom is -0.321 e. The lowest BCUT2D eigenvalue weighted by molar-refractivity contribution is 0.284. The van der Waals surface area contributed by atoms with E-state index >= 15 is 0 Å². The summed E-state index contributed by atoms with van der Waals surface area (Å²) in [6.07, 6.45) is 0. The number of hydrogen-bond donors (Lipinski definition) is 1. The Balaban J connectivity index is 3.17. The van der Waals surface area contributed by atoms with Crippen LogP contribution in [0.4, 0.5) is 0 Å². The summed E-state index contributed by atoms with van der Waals surface area (Å²) in [5, 5.41) is 0.556. The molecule has 0 heterocycles. The highest BCUT2D eigenvalue weighted by Crippen LogP contribution is 2.43. The SMILES string of the molecule is CCOP(=O)(O)c1cc(Cl)ccc1Cl. The number of hydrogen-bond acceptors (Lipinski definition) is 2. The molecule has 3 nitrogen and oxygen atoms in total. The van der Waals surface area contributed by atoms with Crippen molar-refractivity contribution in [3.8, 4) is 0 Å². The predicted molar refractivity (Wildman–Crippen MR) is 57.5 cm³/mol. The first kappa shape index (κ1) is 12.0. The molecule has 0 amide bonds. The first-order chi connectivity index (χ1) is 6.47. The maximum atomic E-state index is 11.6. The summed E-state index contributed by atoms with van der Waals surface area (Å²) in [5.74, 6) is 0. The van der Waals surface area contributed by atoms with E-state index < -0.39 is 7.60 Å². The van der Waals surface area contributed by atoms with Crippen LogP contribution in [0, 0.1) is 0 Å². The fourth-order valence-electron chi connectivity index (χ4n) is 0.947. The van der Waals surface area contributed by atoms with Crippen LogP contribution in [0.2, 0.25) is 10.0 Å². The number of rotatable bonds is 3. The summed E-state index contributed by atoms with van der Waals surface area (Å²) in [6, 6.07) is 4.33. The van der Waals surface area contributed by atoms with Crippen molar-refractivity contribution in [1.29, 1.82) is 0 Å². The molecule has 0 aliphatic rings. The van der Waals surface area contributed by atoms with E-state index in [-0.39, 0.29) is 16.9 Å². The predicted octanol–water partition coefficient (Wildman–Crippen LogP) is 2.84. The minimum atomic E-state index is -3.83. The molecule has 1 atom stereocenters. The maximum Gasteiger partial charge on any atom is 0.360 e. The van der Waals surface area contributed by atoms with Crippen LogP contribution in [0.1, 0.15) is 6.92 Å². The molecule has 0 saturated carbocycles. The van der Waals surface area contributed by atoms with Gasteiger partial charge in [-0.15, -0.1) is 0 Å². The van der Waals surface area contributed by atoms with Crippen molar-refractivity contribution in [2.45, 2.75) is 6.92 Å². The molecule has 0 spiro atoms. The second-order valence-corrected chi connectivity index (χ2v) is 5.16. The van der Waals surface area contributed by atoms with Crippen molar-refractivity contribution in [2.24, 2.45) is 0 Å². The molecule has 14 heavy (non-hydrogen) atoms. The largest absolute Gasteiger partial charge is 0.360 e. The fourth-order valence-corrected chi connectivity index (χ4v) is 2.77. The lowest BCUT2D eigenvalue weighted by Crippen LogP contribution is -2.08. The molecule has 0 radical (unpaired) electrons. The van der Waals surface area contributed by atoms with E-state index in [1.54, 1.807) is 13.0 Å². The highest BCUT2D eigenvalue weighted by Gasteiger charge is 2.25. The van der Waals surface area contributed by atoms with Gasteiger partial charge < -0.3 is 9.42 Å². The Morgan fingerprint density at radius 3 is 2.71 bits per heavy atom. The molecule has 0 aliphatic carbocycles. The van der Waals surface area contributed by atoms with Crippen molar-refractivity contribution < 1.29 is 14.0 Å². The smallest absolute Gasteiger partial charge is 0.321 e. The van der Waals surface area contributed by atoms with E-state index in [1.807, 2.05) is 0 Å². The Morgan fingerprint density at radius 1 is 1.50 bits per heavy atom. The summed E-state index contributed by atoms with van der Waals surface area (Å²) < 4.78 is 16.3. The molecule has 1 aromatic rings. The van der Waals surface area contributed by atoms with E-state index in [1.165, 1.54) is 12.1 Å². The van der Waals surface area contributed by atoms with Gasteiger partial charge in [-0.2, -0.15) is 0 Å². The van der Waals surface area contributed by atoms with Crippen molar-refractivity contribution in [1.82, 2.24) is 0 Å². The second-order valence-electron chi connectivity index (χ2n) is 2.53. The zero-order chi connectivity index (χ0) is 10.8. The van der Waals surface area contributed by atoms with E-state index in [4.69, 9.17) is 27.7 Å². The molecular weight excluding hydrogens is 246 g/mol. The van der Waals surface area contributed by atoms with Crippen LogP contribution in [0.25, 0.3) is 0 Å². The van der Waals surface area contributed by atoms with Gasteiger partial charge in [-0.3, -0.25) is 4.57 Å². The van der Waals surface area contributed by atoms with Gasteiger partial charge >= 0.3 is 7.60 Å². The zero-order valence-corrected chi connectivity index (χ0v) is 9.81. The Bertz CT molecular complexity index is 381.